The number of aryl methyl sites for hydroxylation is 2. The standard InChI is InChI=1S/C14H14Cl2N2O/c1-8-4-3-5-10(13(8)19)7-17-12-9(2)6-11(15)18-14(12)16/h3-6,17,19H,7H2,1-2H3. The van der Waals surface area contributed by atoms with Crippen molar-refractivity contribution in [1.82, 2.24) is 4.98 Å². The average Bonchev–Trinajstić information content (AvgIpc) is 2.33. The maximum absolute atomic E-state index is 9.95. The van der Waals surface area contributed by atoms with Crippen LogP contribution in [0.3, 0.4) is 0 Å². The molecular formula is C14H14Cl2N2O. The van der Waals surface area contributed by atoms with Crippen LogP contribution in [-0.4, -0.2) is 10.1 Å². The molecule has 1 aromatic carbocycles. The first-order chi connectivity index (χ1) is 8.99. The number of benzene rings is 1. The van der Waals surface area contributed by atoms with Gasteiger partial charge in [-0.05, 0) is 31.0 Å². The number of nitrogens with zero attached hydrogens (tertiary/aromatic N) is 1. The third-order valence-electron chi connectivity index (χ3n) is 2.92. The Bertz CT molecular complexity index is 591. The van der Waals surface area contributed by atoms with E-state index in [1.807, 2.05) is 32.0 Å². The van der Waals surface area contributed by atoms with Gasteiger partial charge in [-0.25, -0.2) is 4.98 Å². The van der Waals surface area contributed by atoms with Crippen molar-refractivity contribution in [3.63, 3.8) is 0 Å². The number of halogens is 2. The highest BCUT2D eigenvalue weighted by Crippen LogP contribution is 2.28. The van der Waals surface area contributed by atoms with E-state index in [9.17, 15) is 5.11 Å². The van der Waals surface area contributed by atoms with Crippen molar-refractivity contribution in [2.24, 2.45) is 0 Å². The Kier molecular flexibility index (Phi) is 4.17. The smallest absolute Gasteiger partial charge is 0.154 e. The Hall–Kier alpha value is -1.45. The number of phenols is 1. The van der Waals surface area contributed by atoms with Gasteiger partial charge in [0.2, 0.25) is 0 Å². The summed E-state index contributed by atoms with van der Waals surface area (Å²) < 4.78 is 0. The second-order valence-corrected chi connectivity index (χ2v) is 5.11. The monoisotopic (exact) mass is 296 g/mol. The zero-order chi connectivity index (χ0) is 14.0. The van der Waals surface area contributed by atoms with Crippen molar-refractivity contribution in [1.29, 1.82) is 0 Å². The van der Waals surface area contributed by atoms with Crippen LogP contribution < -0.4 is 5.32 Å². The fraction of sp³-hybridized carbons (Fsp3) is 0.214. The van der Waals surface area contributed by atoms with Crippen molar-refractivity contribution in [3.8, 4) is 5.75 Å². The van der Waals surface area contributed by atoms with Gasteiger partial charge in [-0.3, -0.25) is 0 Å². The molecule has 0 aliphatic rings. The zero-order valence-corrected chi connectivity index (χ0v) is 12.2. The van der Waals surface area contributed by atoms with E-state index in [4.69, 9.17) is 23.2 Å². The number of para-hydroxylation sites is 1. The van der Waals surface area contributed by atoms with E-state index in [-0.39, 0.29) is 0 Å². The van der Waals surface area contributed by atoms with Crippen LogP contribution in [0.2, 0.25) is 10.3 Å². The SMILES string of the molecule is Cc1cccc(CNc2c(C)cc(Cl)nc2Cl)c1O. The minimum atomic E-state index is 0.297. The fourth-order valence-corrected chi connectivity index (χ4v) is 2.45. The van der Waals surface area contributed by atoms with E-state index in [2.05, 4.69) is 10.3 Å². The Morgan fingerprint density at radius 1 is 1.21 bits per heavy atom. The first-order valence-corrected chi connectivity index (χ1v) is 6.58. The third-order valence-corrected chi connectivity index (χ3v) is 3.39. The van der Waals surface area contributed by atoms with Crippen LogP contribution in [0.1, 0.15) is 16.7 Å². The van der Waals surface area contributed by atoms with Crippen LogP contribution in [0.4, 0.5) is 5.69 Å². The van der Waals surface area contributed by atoms with E-state index < -0.39 is 0 Å². The lowest BCUT2D eigenvalue weighted by molar-refractivity contribution is 0.465. The number of aromatic nitrogens is 1. The van der Waals surface area contributed by atoms with Crippen molar-refractivity contribution < 1.29 is 5.11 Å². The van der Waals surface area contributed by atoms with Gasteiger partial charge in [0.25, 0.3) is 0 Å². The second-order valence-electron chi connectivity index (χ2n) is 4.36. The molecule has 0 spiro atoms. The number of anilines is 1. The minimum absolute atomic E-state index is 0.297. The molecule has 0 aliphatic carbocycles. The molecule has 1 heterocycles. The summed E-state index contributed by atoms with van der Waals surface area (Å²) in [4.78, 5) is 3.99. The van der Waals surface area contributed by atoms with Gasteiger partial charge in [-0.1, -0.05) is 41.4 Å². The number of rotatable bonds is 3. The van der Waals surface area contributed by atoms with Gasteiger partial charge in [-0.15, -0.1) is 0 Å². The molecule has 5 heteroatoms. The van der Waals surface area contributed by atoms with Crippen LogP contribution in [0.5, 0.6) is 5.75 Å². The number of nitrogens with one attached hydrogen (secondary N) is 1. The molecule has 0 amide bonds. The number of hydrogen-bond donors (Lipinski definition) is 2. The van der Waals surface area contributed by atoms with Crippen molar-refractivity contribution in [2.45, 2.75) is 20.4 Å². The lowest BCUT2D eigenvalue weighted by Crippen LogP contribution is -2.03. The largest absolute Gasteiger partial charge is 0.507 e. The summed E-state index contributed by atoms with van der Waals surface area (Å²) in [6, 6.07) is 7.37. The van der Waals surface area contributed by atoms with E-state index in [1.54, 1.807) is 6.07 Å². The molecule has 3 nitrogen and oxygen atoms in total. The van der Waals surface area contributed by atoms with Gasteiger partial charge >= 0.3 is 0 Å². The molecular weight excluding hydrogens is 283 g/mol. The average molecular weight is 297 g/mol. The Morgan fingerprint density at radius 2 is 1.95 bits per heavy atom. The number of aromatic hydroxyl groups is 1. The Labute approximate surface area is 122 Å². The minimum Gasteiger partial charge on any atom is -0.507 e. The predicted molar refractivity (Wildman–Crippen MR) is 79.2 cm³/mol. The summed E-state index contributed by atoms with van der Waals surface area (Å²) in [5.74, 6) is 0.297. The number of hydrogen-bond acceptors (Lipinski definition) is 3. The Balaban J connectivity index is 2.22. The summed E-state index contributed by atoms with van der Waals surface area (Å²) in [5, 5.41) is 13.8. The fourth-order valence-electron chi connectivity index (χ4n) is 1.85. The third kappa shape index (κ3) is 3.11. The highest BCUT2D eigenvalue weighted by Gasteiger charge is 2.09. The molecule has 0 saturated carbocycles. The molecule has 0 bridgehead atoms. The van der Waals surface area contributed by atoms with Crippen molar-refractivity contribution in [3.05, 3.63) is 51.3 Å². The maximum atomic E-state index is 9.95. The molecule has 0 saturated heterocycles. The lowest BCUT2D eigenvalue weighted by Gasteiger charge is -2.13. The first-order valence-electron chi connectivity index (χ1n) is 5.83. The van der Waals surface area contributed by atoms with E-state index in [0.29, 0.717) is 22.6 Å². The first kappa shape index (κ1) is 14.0. The predicted octanol–water partition coefficient (Wildman–Crippen LogP) is 4.32. The summed E-state index contributed by atoms with van der Waals surface area (Å²) in [7, 11) is 0. The van der Waals surface area contributed by atoms with Crippen LogP contribution in [0.15, 0.2) is 24.3 Å². The van der Waals surface area contributed by atoms with E-state index in [0.717, 1.165) is 22.4 Å². The Morgan fingerprint density at radius 3 is 2.63 bits per heavy atom. The molecule has 0 fully saturated rings. The van der Waals surface area contributed by atoms with Crippen molar-refractivity contribution in [2.75, 3.05) is 5.32 Å². The summed E-state index contributed by atoms with van der Waals surface area (Å²) in [6.45, 7) is 4.23. The van der Waals surface area contributed by atoms with Gasteiger partial charge in [0.15, 0.2) is 5.15 Å². The number of phenolic OH excluding ortho intramolecular Hbond substituents is 1. The van der Waals surface area contributed by atoms with E-state index in [1.165, 1.54) is 0 Å². The van der Waals surface area contributed by atoms with Gasteiger partial charge < -0.3 is 10.4 Å². The summed E-state index contributed by atoms with van der Waals surface area (Å²) in [6.07, 6.45) is 0. The molecule has 2 N–H and O–H groups in total. The van der Waals surface area contributed by atoms with Crippen LogP contribution in [0.25, 0.3) is 0 Å². The molecule has 0 radical (unpaired) electrons. The number of pyridine rings is 1. The molecule has 100 valence electrons. The lowest BCUT2D eigenvalue weighted by atomic mass is 10.1. The zero-order valence-electron chi connectivity index (χ0n) is 10.7. The summed E-state index contributed by atoms with van der Waals surface area (Å²) in [5.41, 5.74) is 3.30. The highest BCUT2D eigenvalue weighted by atomic mass is 35.5. The van der Waals surface area contributed by atoms with E-state index >= 15 is 0 Å². The topological polar surface area (TPSA) is 45.2 Å². The summed E-state index contributed by atoms with van der Waals surface area (Å²) >= 11 is 11.9. The second kappa shape index (κ2) is 5.68. The molecule has 1 aromatic heterocycles. The van der Waals surface area contributed by atoms with Crippen LogP contribution in [-0.2, 0) is 6.54 Å². The van der Waals surface area contributed by atoms with Gasteiger partial charge in [0, 0.05) is 12.1 Å². The highest BCUT2D eigenvalue weighted by molar-refractivity contribution is 6.34. The van der Waals surface area contributed by atoms with Crippen molar-refractivity contribution >= 4 is 28.9 Å². The molecule has 2 rings (SSSR count). The quantitative estimate of drug-likeness (QED) is 0.829. The maximum Gasteiger partial charge on any atom is 0.154 e. The van der Waals surface area contributed by atoms with Crippen LogP contribution >= 0.6 is 23.2 Å². The van der Waals surface area contributed by atoms with Gasteiger partial charge in [0.1, 0.15) is 10.9 Å². The molecule has 0 aliphatic heterocycles. The molecule has 2 aromatic rings. The molecule has 0 unspecified atom stereocenters. The van der Waals surface area contributed by atoms with Gasteiger partial charge in [-0.2, -0.15) is 0 Å². The van der Waals surface area contributed by atoms with Gasteiger partial charge in [0.05, 0.1) is 5.69 Å². The van der Waals surface area contributed by atoms with Crippen LogP contribution in [0, 0.1) is 13.8 Å². The molecule has 19 heavy (non-hydrogen) atoms. The molecule has 0 atom stereocenters. The normalized spacial score (nSPS) is 10.5.